The number of ether oxygens (including phenoxy) is 2. The third-order valence-electron chi connectivity index (χ3n) is 5.90. The fourth-order valence-corrected chi connectivity index (χ4v) is 4.24. The zero-order chi connectivity index (χ0) is 23.1. The fourth-order valence-electron chi connectivity index (χ4n) is 4.24. The van der Waals surface area contributed by atoms with Crippen LogP contribution in [0.4, 0.5) is 0 Å². The van der Waals surface area contributed by atoms with Crippen molar-refractivity contribution >= 4 is 5.91 Å². The van der Waals surface area contributed by atoms with Gasteiger partial charge in [0.15, 0.2) is 0 Å². The highest BCUT2D eigenvalue weighted by Gasteiger charge is 2.34. The van der Waals surface area contributed by atoms with Crippen LogP contribution in [0.25, 0.3) is 0 Å². The van der Waals surface area contributed by atoms with E-state index >= 15 is 0 Å². The summed E-state index contributed by atoms with van der Waals surface area (Å²) in [5, 5.41) is 17.5. The molecule has 0 fully saturated rings. The minimum Gasteiger partial charge on any atom is -0.487 e. The van der Waals surface area contributed by atoms with Gasteiger partial charge in [0.2, 0.25) is 5.91 Å². The van der Waals surface area contributed by atoms with E-state index in [4.69, 9.17) is 9.47 Å². The molecule has 32 heavy (non-hydrogen) atoms. The maximum Gasteiger partial charge on any atom is 0.246 e. The van der Waals surface area contributed by atoms with Crippen LogP contribution in [-0.4, -0.2) is 49.0 Å². The average Bonchev–Trinajstić information content (AvgIpc) is 2.76. The van der Waals surface area contributed by atoms with E-state index in [2.05, 4.69) is 43.5 Å². The molecule has 3 atom stereocenters. The number of rotatable bonds is 10. The monoisotopic (exact) mass is 440 g/mol. The highest BCUT2D eigenvalue weighted by molar-refractivity contribution is 5.77. The van der Waals surface area contributed by atoms with Crippen molar-refractivity contribution in [2.45, 2.75) is 63.8 Å². The Kier molecular flexibility index (Phi) is 8.29. The van der Waals surface area contributed by atoms with Gasteiger partial charge in [0.1, 0.15) is 18.0 Å². The van der Waals surface area contributed by atoms with Gasteiger partial charge in [-0.1, -0.05) is 49.4 Å². The van der Waals surface area contributed by atoms with Gasteiger partial charge >= 0.3 is 0 Å². The summed E-state index contributed by atoms with van der Waals surface area (Å²) < 4.78 is 11.1. The quantitative estimate of drug-likeness (QED) is 0.529. The van der Waals surface area contributed by atoms with Gasteiger partial charge < -0.3 is 25.2 Å². The molecule has 0 aromatic heterocycles. The summed E-state index contributed by atoms with van der Waals surface area (Å²) in [7, 11) is 1.48. The Morgan fingerprint density at radius 2 is 1.97 bits per heavy atom. The SMILES string of the molecule is CCc1ccc2c(c1)[C@@H](NC[C@@H](O)[C@H](Cc1ccccc1)NC(=O)COC)CC(C)(C)O2. The van der Waals surface area contributed by atoms with Crippen molar-refractivity contribution in [3.8, 4) is 5.75 Å². The number of carbonyl (C=O) groups is 1. The van der Waals surface area contributed by atoms with E-state index in [1.807, 2.05) is 36.4 Å². The summed E-state index contributed by atoms with van der Waals surface area (Å²) in [6.45, 7) is 6.61. The number of amides is 1. The van der Waals surface area contributed by atoms with Crippen LogP contribution in [0.1, 0.15) is 49.9 Å². The number of benzene rings is 2. The van der Waals surface area contributed by atoms with Crippen molar-refractivity contribution < 1.29 is 19.4 Å². The van der Waals surface area contributed by atoms with E-state index in [0.29, 0.717) is 13.0 Å². The molecule has 0 saturated heterocycles. The molecule has 6 nitrogen and oxygen atoms in total. The van der Waals surface area contributed by atoms with Crippen LogP contribution < -0.4 is 15.4 Å². The number of nitrogens with one attached hydrogen (secondary N) is 2. The molecular formula is C26H36N2O4. The van der Waals surface area contributed by atoms with Crippen molar-refractivity contribution in [3.63, 3.8) is 0 Å². The third-order valence-corrected chi connectivity index (χ3v) is 5.90. The summed E-state index contributed by atoms with van der Waals surface area (Å²) in [6, 6.07) is 15.8. The van der Waals surface area contributed by atoms with Gasteiger partial charge in [0.25, 0.3) is 0 Å². The number of carbonyl (C=O) groups excluding carboxylic acids is 1. The van der Waals surface area contributed by atoms with E-state index in [1.54, 1.807) is 0 Å². The first-order valence-electron chi connectivity index (χ1n) is 11.4. The lowest BCUT2D eigenvalue weighted by Crippen LogP contribution is -2.50. The van der Waals surface area contributed by atoms with Crippen molar-refractivity contribution in [1.29, 1.82) is 0 Å². The molecule has 0 spiro atoms. The molecule has 2 aromatic carbocycles. The second kappa shape index (κ2) is 10.9. The molecule has 2 aromatic rings. The Hall–Kier alpha value is -2.41. The molecule has 0 bridgehead atoms. The molecule has 1 amide bonds. The Labute approximate surface area is 191 Å². The van der Waals surface area contributed by atoms with E-state index in [9.17, 15) is 9.90 Å². The van der Waals surface area contributed by atoms with Crippen LogP contribution >= 0.6 is 0 Å². The number of hydrogen-bond acceptors (Lipinski definition) is 5. The van der Waals surface area contributed by atoms with Gasteiger partial charge in [-0.2, -0.15) is 0 Å². The van der Waals surface area contributed by atoms with Crippen molar-refractivity contribution in [2.75, 3.05) is 20.3 Å². The van der Waals surface area contributed by atoms with Gasteiger partial charge in [-0.15, -0.1) is 0 Å². The molecule has 0 unspecified atom stereocenters. The largest absolute Gasteiger partial charge is 0.487 e. The minimum atomic E-state index is -0.764. The first-order chi connectivity index (χ1) is 15.3. The van der Waals surface area contributed by atoms with Crippen molar-refractivity contribution in [1.82, 2.24) is 10.6 Å². The van der Waals surface area contributed by atoms with Gasteiger partial charge in [-0.25, -0.2) is 0 Å². The fraction of sp³-hybridized carbons (Fsp3) is 0.500. The molecule has 1 heterocycles. The average molecular weight is 441 g/mol. The second-order valence-electron chi connectivity index (χ2n) is 9.12. The molecule has 0 radical (unpaired) electrons. The standard InChI is InChI=1S/C26H36N2O4/c1-5-18-11-12-24-20(13-18)22(15-26(2,3)32-24)27-16-23(29)21(28-25(30)17-31-4)14-19-9-7-6-8-10-19/h6-13,21-23,27,29H,5,14-17H2,1-4H3,(H,28,30)/t21-,22-,23+/m0/s1. The van der Waals surface area contributed by atoms with Crippen LogP contribution in [0.2, 0.25) is 0 Å². The smallest absolute Gasteiger partial charge is 0.246 e. The normalized spacial score (nSPS) is 18.8. The summed E-state index contributed by atoms with van der Waals surface area (Å²) in [5.41, 5.74) is 3.13. The first-order valence-corrected chi connectivity index (χ1v) is 11.4. The second-order valence-corrected chi connectivity index (χ2v) is 9.12. The zero-order valence-corrected chi connectivity index (χ0v) is 19.6. The molecule has 1 aliphatic heterocycles. The zero-order valence-electron chi connectivity index (χ0n) is 19.6. The van der Waals surface area contributed by atoms with Crippen LogP contribution in [0, 0.1) is 0 Å². The van der Waals surface area contributed by atoms with Crippen molar-refractivity contribution in [3.05, 3.63) is 65.2 Å². The molecule has 174 valence electrons. The molecule has 6 heteroatoms. The van der Waals surface area contributed by atoms with Crippen molar-refractivity contribution in [2.24, 2.45) is 0 Å². The Morgan fingerprint density at radius 1 is 1.22 bits per heavy atom. The molecule has 0 aliphatic carbocycles. The highest BCUT2D eigenvalue weighted by Crippen LogP contribution is 2.40. The lowest BCUT2D eigenvalue weighted by molar-refractivity contribution is -0.126. The number of methoxy groups -OCH3 is 1. The number of aliphatic hydroxyl groups excluding tert-OH is 1. The summed E-state index contributed by atoms with van der Waals surface area (Å²) in [4.78, 5) is 12.2. The molecule has 3 rings (SSSR count). The van der Waals surface area contributed by atoms with Gasteiger partial charge in [-0.3, -0.25) is 4.79 Å². The Balaban J connectivity index is 1.73. The van der Waals surface area contributed by atoms with Gasteiger partial charge in [-0.05, 0) is 43.9 Å². The van der Waals surface area contributed by atoms with Crippen LogP contribution in [0.3, 0.4) is 0 Å². The molecule has 1 aliphatic rings. The Bertz CT molecular complexity index is 885. The molecule has 0 saturated carbocycles. The number of aliphatic hydroxyl groups is 1. The van der Waals surface area contributed by atoms with E-state index in [-0.39, 0.29) is 24.2 Å². The first kappa shape index (κ1) is 24.2. The van der Waals surface area contributed by atoms with Crippen LogP contribution in [0.5, 0.6) is 5.75 Å². The third kappa shape index (κ3) is 6.55. The summed E-state index contributed by atoms with van der Waals surface area (Å²) in [6.07, 6.45) is 1.52. The maximum atomic E-state index is 12.2. The molecular weight excluding hydrogens is 404 g/mol. The van der Waals surface area contributed by atoms with Crippen LogP contribution in [-0.2, 0) is 22.4 Å². The number of hydrogen-bond donors (Lipinski definition) is 3. The summed E-state index contributed by atoms with van der Waals surface area (Å²) >= 11 is 0. The number of fused-ring (bicyclic) bond motifs is 1. The van der Waals surface area contributed by atoms with E-state index in [1.165, 1.54) is 12.7 Å². The lowest BCUT2D eigenvalue weighted by atomic mass is 9.88. The van der Waals surface area contributed by atoms with E-state index in [0.717, 1.165) is 29.7 Å². The Morgan fingerprint density at radius 3 is 2.66 bits per heavy atom. The predicted octanol–water partition coefficient (Wildman–Crippen LogP) is 3.18. The van der Waals surface area contributed by atoms with Gasteiger partial charge in [0.05, 0.1) is 12.1 Å². The van der Waals surface area contributed by atoms with Gasteiger partial charge in [0, 0.05) is 31.7 Å². The van der Waals surface area contributed by atoms with Crippen LogP contribution in [0.15, 0.2) is 48.5 Å². The summed E-state index contributed by atoms with van der Waals surface area (Å²) in [5.74, 6) is 0.650. The highest BCUT2D eigenvalue weighted by atomic mass is 16.5. The maximum absolute atomic E-state index is 12.2. The lowest BCUT2D eigenvalue weighted by Gasteiger charge is -2.39. The minimum absolute atomic E-state index is 0.0350. The topological polar surface area (TPSA) is 79.8 Å². The predicted molar refractivity (Wildman–Crippen MR) is 126 cm³/mol. The van der Waals surface area contributed by atoms with E-state index < -0.39 is 12.1 Å². The number of aryl methyl sites for hydroxylation is 1. The molecule has 3 N–H and O–H groups in total.